The van der Waals surface area contributed by atoms with Crippen molar-refractivity contribution in [3.63, 3.8) is 0 Å². The second-order valence-electron chi connectivity index (χ2n) is 5.20. The molecule has 1 fully saturated rings. The summed E-state index contributed by atoms with van der Waals surface area (Å²) in [6.45, 7) is 6.11. The van der Waals surface area contributed by atoms with E-state index < -0.39 is 0 Å². The van der Waals surface area contributed by atoms with Crippen LogP contribution >= 0.6 is 11.6 Å². The molecule has 2 rings (SSSR count). The first-order valence-electron chi connectivity index (χ1n) is 6.56. The van der Waals surface area contributed by atoms with Gasteiger partial charge in [-0.05, 0) is 45.7 Å². The van der Waals surface area contributed by atoms with Crippen LogP contribution in [0.2, 0.25) is 5.02 Å². The minimum atomic E-state index is 0.109. The van der Waals surface area contributed by atoms with E-state index in [9.17, 15) is 4.79 Å². The molecule has 100 valence electrons. The normalized spacial score (nSPS) is 19.7. The number of aromatic nitrogens is 2. The lowest BCUT2D eigenvalue weighted by Crippen LogP contribution is -2.15. The van der Waals surface area contributed by atoms with Crippen LogP contribution in [0.5, 0.6) is 0 Å². The standard InChI is InChI=1S/C13H20ClN3O/c1-9(2)17-13(11(14)8-16-17)12(18)4-3-10-5-6-15-7-10/h8-10,15H,3-7H2,1-2H3. The van der Waals surface area contributed by atoms with Crippen molar-refractivity contribution in [3.8, 4) is 0 Å². The van der Waals surface area contributed by atoms with Gasteiger partial charge in [-0.1, -0.05) is 11.6 Å². The largest absolute Gasteiger partial charge is 0.316 e. The van der Waals surface area contributed by atoms with Gasteiger partial charge in [0.1, 0.15) is 5.69 Å². The third-order valence-electron chi connectivity index (χ3n) is 3.45. The van der Waals surface area contributed by atoms with Gasteiger partial charge < -0.3 is 5.32 Å². The van der Waals surface area contributed by atoms with E-state index >= 15 is 0 Å². The molecule has 1 aromatic heterocycles. The first-order valence-corrected chi connectivity index (χ1v) is 6.94. The van der Waals surface area contributed by atoms with Crippen LogP contribution < -0.4 is 5.32 Å². The molecule has 0 amide bonds. The third-order valence-corrected chi connectivity index (χ3v) is 3.72. The second-order valence-corrected chi connectivity index (χ2v) is 5.61. The molecule has 1 aromatic rings. The van der Waals surface area contributed by atoms with Crippen molar-refractivity contribution < 1.29 is 4.79 Å². The Morgan fingerprint density at radius 1 is 1.67 bits per heavy atom. The summed E-state index contributed by atoms with van der Waals surface area (Å²) in [6.07, 6.45) is 4.23. The lowest BCUT2D eigenvalue weighted by molar-refractivity contribution is 0.0962. The SMILES string of the molecule is CC(C)n1ncc(Cl)c1C(=O)CCC1CCNC1. The summed E-state index contributed by atoms with van der Waals surface area (Å²) in [5.41, 5.74) is 0.567. The van der Waals surface area contributed by atoms with E-state index in [4.69, 9.17) is 11.6 Å². The third kappa shape index (κ3) is 2.93. The molecule has 2 heterocycles. The first-order chi connectivity index (χ1) is 8.59. The lowest BCUT2D eigenvalue weighted by Gasteiger charge is -2.11. The topological polar surface area (TPSA) is 46.9 Å². The molecule has 1 atom stereocenters. The Hall–Kier alpha value is -0.870. The Bertz CT molecular complexity index is 422. The van der Waals surface area contributed by atoms with E-state index in [1.165, 1.54) is 6.42 Å². The Labute approximate surface area is 113 Å². The molecule has 0 radical (unpaired) electrons. The van der Waals surface area contributed by atoms with Crippen LogP contribution in [-0.2, 0) is 0 Å². The summed E-state index contributed by atoms with van der Waals surface area (Å²) in [7, 11) is 0. The monoisotopic (exact) mass is 269 g/mol. The number of hydrogen-bond donors (Lipinski definition) is 1. The number of carbonyl (C=O) groups is 1. The zero-order chi connectivity index (χ0) is 13.1. The van der Waals surface area contributed by atoms with Crippen molar-refractivity contribution in [2.45, 2.75) is 39.2 Å². The number of rotatable bonds is 5. The fraction of sp³-hybridized carbons (Fsp3) is 0.692. The van der Waals surface area contributed by atoms with Crippen LogP contribution in [0.4, 0.5) is 0 Å². The molecule has 4 nitrogen and oxygen atoms in total. The highest BCUT2D eigenvalue weighted by atomic mass is 35.5. The molecule has 5 heteroatoms. The molecule has 18 heavy (non-hydrogen) atoms. The highest BCUT2D eigenvalue weighted by Crippen LogP contribution is 2.23. The lowest BCUT2D eigenvalue weighted by atomic mass is 10.00. The maximum absolute atomic E-state index is 12.2. The minimum absolute atomic E-state index is 0.109. The molecular formula is C13H20ClN3O. The molecule has 0 aliphatic carbocycles. The van der Waals surface area contributed by atoms with E-state index in [1.807, 2.05) is 13.8 Å². The van der Waals surface area contributed by atoms with Gasteiger partial charge in [0.15, 0.2) is 5.78 Å². The summed E-state index contributed by atoms with van der Waals surface area (Å²) in [6, 6.07) is 0.157. The highest BCUT2D eigenvalue weighted by Gasteiger charge is 2.21. The Morgan fingerprint density at radius 2 is 2.44 bits per heavy atom. The van der Waals surface area contributed by atoms with Crippen molar-refractivity contribution in [1.29, 1.82) is 0 Å². The van der Waals surface area contributed by atoms with Gasteiger partial charge in [0.05, 0.1) is 11.2 Å². The number of halogens is 1. The van der Waals surface area contributed by atoms with E-state index in [2.05, 4.69) is 10.4 Å². The van der Waals surface area contributed by atoms with Crippen molar-refractivity contribution in [2.75, 3.05) is 13.1 Å². The maximum atomic E-state index is 12.2. The van der Waals surface area contributed by atoms with E-state index in [0.29, 0.717) is 23.1 Å². The van der Waals surface area contributed by atoms with Crippen molar-refractivity contribution >= 4 is 17.4 Å². The molecule has 1 saturated heterocycles. The smallest absolute Gasteiger partial charge is 0.182 e. The Balaban J connectivity index is 2.01. The molecule has 1 N–H and O–H groups in total. The molecule has 1 aliphatic rings. The summed E-state index contributed by atoms with van der Waals surface area (Å²) >= 11 is 6.06. The quantitative estimate of drug-likeness (QED) is 0.836. The van der Waals surface area contributed by atoms with Gasteiger partial charge in [0.25, 0.3) is 0 Å². The van der Waals surface area contributed by atoms with Crippen LogP contribution in [0.1, 0.15) is 49.6 Å². The van der Waals surface area contributed by atoms with Crippen molar-refractivity contribution in [1.82, 2.24) is 15.1 Å². The van der Waals surface area contributed by atoms with Crippen molar-refractivity contribution in [2.24, 2.45) is 5.92 Å². The summed E-state index contributed by atoms with van der Waals surface area (Å²) in [5.74, 6) is 0.737. The Kier molecular flexibility index (Phi) is 4.40. The van der Waals surface area contributed by atoms with Crippen LogP contribution in [0.15, 0.2) is 6.20 Å². The van der Waals surface area contributed by atoms with Gasteiger partial charge in [0, 0.05) is 12.5 Å². The molecule has 0 saturated carbocycles. The van der Waals surface area contributed by atoms with Crippen LogP contribution in [-0.4, -0.2) is 28.7 Å². The number of hydrogen-bond acceptors (Lipinski definition) is 3. The fourth-order valence-electron chi connectivity index (χ4n) is 2.41. The van der Waals surface area contributed by atoms with Gasteiger partial charge in [0.2, 0.25) is 0 Å². The van der Waals surface area contributed by atoms with Crippen molar-refractivity contribution in [3.05, 3.63) is 16.9 Å². The molecular weight excluding hydrogens is 250 g/mol. The van der Waals surface area contributed by atoms with E-state index in [1.54, 1.807) is 10.9 Å². The van der Waals surface area contributed by atoms with Crippen LogP contribution in [0, 0.1) is 5.92 Å². The number of Topliss-reactive ketones (excluding diaryl/α,β-unsaturated/α-hetero) is 1. The molecule has 1 aliphatic heterocycles. The maximum Gasteiger partial charge on any atom is 0.182 e. The highest BCUT2D eigenvalue weighted by molar-refractivity contribution is 6.33. The molecule has 0 bridgehead atoms. The zero-order valence-corrected chi connectivity index (χ0v) is 11.7. The first kappa shape index (κ1) is 13.6. The summed E-state index contributed by atoms with van der Waals surface area (Å²) in [5, 5.41) is 7.96. The fourth-order valence-corrected chi connectivity index (χ4v) is 2.64. The van der Waals surface area contributed by atoms with Gasteiger partial charge in [-0.2, -0.15) is 5.10 Å². The van der Waals surface area contributed by atoms with E-state index in [-0.39, 0.29) is 11.8 Å². The Morgan fingerprint density at radius 3 is 3.06 bits per heavy atom. The number of ketones is 1. The minimum Gasteiger partial charge on any atom is -0.316 e. The van der Waals surface area contributed by atoms with E-state index in [0.717, 1.165) is 19.5 Å². The van der Waals surface area contributed by atoms with Gasteiger partial charge >= 0.3 is 0 Å². The summed E-state index contributed by atoms with van der Waals surface area (Å²) in [4.78, 5) is 12.2. The van der Waals surface area contributed by atoms with Gasteiger partial charge in [-0.3, -0.25) is 9.48 Å². The summed E-state index contributed by atoms with van der Waals surface area (Å²) < 4.78 is 1.72. The number of nitrogens with one attached hydrogen (secondary N) is 1. The molecule has 1 unspecified atom stereocenters. The molecule has 0 spiro atoms. The average Bonchev–Trinajstić information content (AvgIpc) is 2.94. The van der Waals surface area contributed by atoms with Crippen LogP contribution in [0.25, 0.3) is 0 Å². The zero-order valence-electron chi connectivity index (χ0n) is 10.9. The molecule has 0 aromatic carbocycles. The second kappa shape index (κ2) is 5.85. The predicted molar refractivity (Wildman–Crippen MR) is 72.2 cm³/mol. The number of carbonyl (C=O) groups excluding carboxylic acids is 1. The van der Waals surface area contributed by atoms with Gasteiger partial charge in [-0.15, -0.1) is 0 Å². The van der Waals surface area contributed by atoms with Gasteiger partial charge in [-0.25, -0.2) is 0 Å². The predicted octanol–water partition coefficient (Wildman–Crippen LogP) is 2.69. The average molecular weight is 270 g/mol. The van der Waals surface area contributed by atoms with Crippen LogP contribution in [0.3, 0.4) is 0 Å². The number of nitrogens with zero attached hydrogens (tertiary/aromatic N) is 2.